The van der Waals surface area contributed by atoms with E-state index >= 15 is 0 Å². The highest BCUT2D eigenvalue weighted by atomic mass is 19.1. The average Bonchev–Trinajstić information content (AvgIpc) is 3.27. The minimum atomic E-state index is -0.444. The highest BCUT2D eigenvalue weighted by molar-refractivity contribution is 5.90. The van der Waals surface area contributed by atoms with Crippen LogP contribution in [0.2, 0.25) is 0 Å². The summed E-state index contributed by atoms with van der Waals surface area (Å²) >= 11 is 0. The molecule has 3 heterocycles. The summed E-state index contributed by atoms with van der Waals surface area (Å²) in [5.41, 5.74) is 1.52. The van der Waals surface area contributed by atoms with Crippen molar-refractivity contribution in [3.8, 4) is 11.1 Å². The molecule has 1 aliphatic rings. The molecule has 8 nitrogen and oxygen atoms in total. The van der Waals surface area contributed by atoms with Crippen molar-refractivity contribution in [1.29, 1.82) is 0 Å². The molecule has 3 aromatic rings. The van der Waals surface area contributed by atoms with Crippen molar-refractivity contribution in [2.45, 2.75) is 19.4 Å². The zero-order valence-corrected chi connectivity index (χ0v) is 15.5. The van der Waals surface area contributed by atoms with Gasteiger partial charge in [-0.15, -0.1) is 5.10 Å². The maximum Gasteiger partial charge on any atom is 0.414 e. The number of pyridine rings is 1. The van der Waals surface area contributed by atoms with Gasteiger partial charge in [-0.05, 0) is 36.8 Å². The Morgan fingerprint density at radius 2 is 2.11 bits per heavy atom. The number of aromatic nitrogens is 4. The number of nitrogens with one attached hydrogen (secondary N) is 1. The summed E-state index contributed by atoms with van der Waals surface area (Å²) in [5, 5.41) is 11.1. The second-order valence-corrected chi connectivity index (χ2v) is 6.47. The Hall–Kier alpha value is -3.49. The second kappa shape index (κ2) is 7.26. The molecule has 1 fully saturated rings. The van der Waals surface area contributed by atoms with Gasteiger partial charge in [-0.1, -0.05) is 6.92 Å². The van der Waals surface area contributed by atoms with E-state index in [0.29, 0.717) is 35.0 Å². The van der Waals surface area contributed by atoms with Crippen LogP contribution in [0.5, 0.6) is 0 Å². The van der Waals surface area contributed by atoms with Gasteiger partial charge in [0.25, 0.3) is 0 Å². The largest absolute Gasteiger partial charge is 0.444 e. The van der Waals surface area contributed by atoms with E-state index in [1.54, 1.807) is 43.7 Å². The lowest BCUT2D eigenvalue weighted by Crippen LogP contribution is -2.24. The number of hydrogen-bond donors (Lipinski definition) is 1. The first-order valence-corrected chi connectivity index (χ1v) is 8.91. The molecule has 9 heteroatoms. The van der Waals surface area contributed by atoms with Crippen LogP contribution in [0.3, 0.4) is 0 Å². The number of carbonyl (C=O) groups excluding carboxylic acids is 1. The van der Waals surface area contributed by atoms with Crippen LogP contribution < -0.4 is 10.2 Å². The van der Waals surface area contributed by atoms with Crippen molar-refractivity contribution in [3.63, 3.8) is 0 Å². The van der Waals surface area contributed by atoms with Crippen molar-refractivity contribution < 1.29 is 13.9 Å². The van der Waals surface area contributed by atoms with Crippen molar-refractivity contribution in [1.82, 2.24) is 20.0 Å². The number of carbonyl (C=O) groups is 1. The fourth-order valence-electron chi connectivity index (χ4n) is 3.01. The second-order valence-electron chi connectivity index (χ2n) is 6.47. The van der Waals surface area contributed by atoms with Crippen molar-refractivity contribution in [2.75, 3.05) is 16.8 Å². The molecule has 1 saturated heterocycles. The summed E-state index contributed by atoms with van der Waals surface area (Å²) in [6.07, 6.45) is 3.28. The minimum absolute atomic E-state index is 0.159. The van der Waals surface area contributed by atoms with E-state index in [1.807, 2.05) is 6.92 Å². The number of benzene rings is 1. The number of ether oxygens (including phenoxy) is 1. The predicted molar refractivity (Wildman–Crippen MR) is 102 cm³/mol. The van der Waals surface area contributed by atoms with Gasteiger partial charge in [0.05, 0.1) is 18.4 Å². The summed E-state index contributed by atoms with van der Waals surface area (Å²) in [6.45, 7) is 2.37. The molecule has 28 heavy (non-hydrogen) atoms. The monoisotopic (exact) mass is 382 g/mol. The maximum atomic E-state index is 14.7. The van der Waals surface area contributed by atoms with Gasteiger partial charge in [0.2, 0.25) is 0 Å². The van der Waals surface area contributed by atoms with E-state index in [-0.39, 0.29) is 6.10 Å². The summed E-state index contributed by atoms with van der Waals surface area (Å²) in [5.74, 6) is 0.717. The number of aryl methyl sites for hydroxylation is 1. The fraction of sp³-hybridized carbons (Fsp3) is 0.263. The van der Waals surface area contributed by atoms with Crippen LogP contribution in [-0.4, -0.2) is 38.7 Å². The summed E-state index contributed by atoms with van der Waals surface area (Å²) in [7, 11) is 1.72. The normalized spacial score (nSPS) is 16.3. The van der Waals surface area contributed by atoms with Crippen LogP contribution in [0.4, 0.5) is 26.5 Å². The van der Waals surface area contributed by atoms with Crippen molar-refractivity contribution >= 4 is 23.4 Å². The number of nitrogens with zero attached hydrogens (tertiary/aromatic N) is 5. The highest BCUT2D eigenvalue weighted by Crippen LogP contribution is 2.29. The van der Waals surface area contributed by atoms with Crippen LogP contribution in [0.25, 0.3) is 11.1 Å². The number of halogens is 1. The van der Waals surface area contributed by atoms with Crippen LogP contribution in [0, 0.1) is 5.82 Å². The molecule has 1 atom stereocenters. The lowest BCUT2D eigenvalue weighted by Gasteiger charge is -2.14. The van der Waals surface area contributed by atoms with Crippen molar-refractivity contribution in [2.24, 2.45) is 7.05 Å². The van der Waals surface area contributed by atoms with E-state index in [0.717, 1.165) is 6.42 Å². The first-order chi connectivity index (χ1) is 13.5. The topological polar surface area (TPSA) is 85.2 Å². The Kier molecular flexibility index (Phi) is 4.64. The molecule has 1 aliphatic heterocycles. The van der Waals surface area contributed by atoms with E-state index in [9.17, 15) is 9.18 Å². The van der Waals surface area contributed by atoms with Gasteiger partial charge in [-0.2, -0.15) is 9.90 Å². The molecule has 0 unspecified atom stereocenters. The summed E-state index contributed by atoms with van der Waals surface area (Å²) < 4.78 is 19.9. The molecule has 0 bridgehead atoms. The number of rotatable bonds is 5. The quantitative estimate of drug-likeness (QED) is 0.727. The van der Waals surface area contributed by atoms with Gasteiger partial charge in [-0.3, -0.25) is 4.90 Å². The molecule has 0 saturated carbocycles. The number of amides is 1. The Morgan fingerprint density at radius 1 is 1.25 bits per heavy atom. The number of anilines is 3. The van der Waals surface area contributed by atoms with Crippen LogP contribution >= 0.6 is 0 Å². The summed E-state index contributed by atoms with van der Waals surface area (Å²) in [6, 6.07) is 8.20. The highest BCUT2D eigenvalue weighted by Gasteiger charge is 2.31. The van der Waals surface area contributed by atoms with Gasteiger partial charge in [-0.25, -0.2) is 14.2 Å². The first-order valence-electron chi connectivity index (χ1n) is 8.91. The van der Waals surface area contributed by atoms with Crippen LogP contribution in [0.15, 0.2) is 42.7 Å². The lowest BCUT2D eigenvalue weighted by atomic mass is 10.1. The lowest BCUT2D eigenvalue weighted by molar-refractivity contribution is 0.139. The van der Waals surface area contributed by atoms with Gasteiger partial charge in [0.1, 0.15) is 17.7 Å². The van der Waals surface area contributed by atoms with E-state index in [1.165, 1.54) is 15.8 Å². The van der Waals surface area contributed by atoms with Crippen LogP contribution in [0.1, 0.15) is 13.3 Å². The van der Waals surface area contributed by atoms with E-state index in [4.69, 9.17) is 4.74 Å². The molecule has 4 rings (SSSR count). The minimum Gasteiger partial charge on any atom is -0.444 e. The molecule has 2 aromatic heterocycles. The average molecular weight is 382 g/mol. The first kappa shape index (κ1) is 17.9. The predicted octanol–water partition coefficient (Wildman–Crippen LogP) is 3.50. The number of hydrogen-bond acceptors (Lipinski definition) is 6. The van der Waals surface area contributed by atoms with Gasteiger partial charge in [0.15, 0.2) is 5.82 Å². The van der Waals surface area contributed by atoms with Crippen LogP contribution in [-0.2, 0) is 11.8 Å². The molecular weight excluding hydrogens is 363 g/mol. The maximum absolute atomic E-state index is 14.7. The SMILES string of the molecule is CC[C@H]1CN(c2ccc(-c3ccc(Nc4cnn(C)n4)nc3)c(F)c2)C(=O)O1. The Bertz CT molecular complexity index is 1000. The molecule has 1 amide bonds. The fourth-order valence-corrected chi connectivity index (χ4v) is 3.01. The molecule has 0 radical (unpaired) electrons. The van der Waals surface area contributed by atoms with E-state index in [2.05, 4.69) is 20.5 Å². The molecule has 1 N–H and O–H groups in total. The molecule has 0 spiro atoms. The third-order valence-electron chi connectivity index (χ3n) is 4.52. The molecule has 144 valence electrons. The van der Waals surface area contributed by atoms with Crippen molar-refractivity contribution in [3.05, 3.63) is 48.5 Å². The zero-order chi connectivity index (χ0) is 19.7. The Morgan fingerprint density at radius 3 is 2.71 bits per heavy atom. The van der Waals surface area contributed by atoms with E-state index < -0.39 is 11.9 Å². The summed E-state index contributed by atoms with van der Waals surface area (Å²) in [4.78, 5) is 19.1. The molecular formula is C19H19FN6O2. The number of cyclic esters (lactones) is 1. The Labute approximate surface area is 160 Å². The smallest absolute Gasteiger partial charge is 0.414 e. The molecule has 1 aromatic carbocycles. The van der Waals surface area contributed by atoms with Gasteiger partial charge in [0, 0.05) is 24.4 Å². The third-order valence-corrected chi connectivity index (χ3v) is 4.52. The third kappa shape index (κ3) is 3.51. The van der Waals surface area contributed by atoms with Gasteiger partial charge < -0.3 is 10.1 Å². The standard InChI is InChI=1S/C19H19FN6O2/c1-3-14-11-26(19(27)28-14)13-5-6-15(16(20)8-13)12-4-7-17(21-9-12)23-18-10-22-25(2)24-18/h4-10,14H,3,11H2,1-2H3,(H,21,23,24)/t14-/m0/s1. The Balaban J connectivity index is 1.52. The molecule has 0 aliphatic carbocycles. The van der Waals surface area contributed by atoms with Gasteiger partial charge >= 0.3 is 6.09 Å². The zero-order valence-electron chi connectivity index (χ0n) is 15.5.